The van der Waals surface area contributed by atoms with Crippen LogP contribution in [0.15, 0.2) is 54.6 Å². The molecule has 0 spiro atoms. The predicted octanol–water partition coefficient (Wildman–Crippen LogP) is 4.46. The molecule has 0 bridgehead atoms. The number of hydrogen-bond donors (Lipinski definition) is 1. The zero-order chi connectivity index (χ0) is 22.1. The molecule has 2 aromatic rings. The van der Waals surface area contributed by atoms with E-state index in [2.05, 4.69) is 5.32 Å². The molecule has 5 nitrogen and oxygen atoms in total. The van der Waals surface area contributed by atoms with Gasteiger partial charge in [-0.25, -0.2) is 4.39 Å². The van der Waals surface area contributed by atoms with Gasteiger partial charge in [0.15, 0.2) is 0 Å². The molecule has 2 aromatic carbocycles. The van der Waals surface area contributed by atoms with Gasteiger partial charge in [0, 0.05) is 19.0 Å². The van der Waals surface area contributed by atoms with Crippen LogP contribution in [0.25, 0.3) is 0 Å². The minimum atomic E-state index is -0.604. The van der Waals surface area contributed by atoms with E-state index in [1.807, 2.05) is 30.3 Å². The lowest BCUT2D eigenvalue weighted by atomic mass is 10.1. The van der Waals surface area contributed by atoms with Crippen LogP contribution >= 0.6 is 0 Å². The number of amides is 2. The van der Waals surface area contributed by atoms with Crippen molar-refractivity contribution in [1.82, 2.24) is 10.2 Å². The first kappa shape index (κ1) is 22.8. The molecule has 3 rings (SSSR count). The molecule has 1 aliphatic rings. The molecule has 166 valence electrons. The molecule has 1 N–H and O–H groups in total. The third-order valence-corrected chi connectivity index (χ3v) is 5.68. The summed E-state index contributed by atoms with van der Waals surface area (Å²) < 4.78 is 19.0. The summed E-state index contributed by atoms with van der Waals surface area (Å²) in [6, 6.07) is 15.1. The molecule has 6 heteroatoms. The number of para-hydroxylation sites is 1. The average Bonchev–Trinajstić information content (AvgIpc) is 3.29. The van der Waals surface area contributed by atoms with Crippen molar-refractivity contribution in [3.8, 4) is 5.75 Å². The average molecular weight is 427 g/mol. The Labute approximate surface area is 183 Å². The van der Waals surface area contributed by atoms with Crippen molar-refractivity contribution in [3.63, 3.8) is 0 Å². The standard InChI is InChI=1S/C25H31FN2O3/c1-19(25(30)27-22-8-5-6-9-22)28(18-20-13-15-21(26)16-14-20)24(29)12-7-17-31-23-10-3-2-4-11-23/h2-4,10-11,13-16,19,22H,5-9,12,17-18H2,1H3,(H,27,30). The molecular weight excluding hydrogens is 395 g/mol. The van der Waals surface area contributed by atoms with E-state index in [-0.39, 0.29) is 36.6 Å². The van der Waals surface area contributed by atoms with Crippen LogP contribution in [0.2, 0.25) is 0 Å². The van der Waals surface area contributed by atoms with Crippen LogP contribution in [-0.2, 0) is 16.1 Å². The van der Waals surface area contributed by atoms with Gasteiger partial charge in [0.2, 0.25) is 11.8 Å². The lowest BCUT2D eigenvalue weighted by Gasteiger charge is -2.30. The number of benzene rings is 2. The van der Waals surface area contributed by atoms with Gasteiger partial charge in [-0.3, -0.25) is 9.59 Å². The molecular formula is C25H31FN2O3. The van der Waals surface area contributed by atoms with Crippen molar-refractivity contribution in [3.05, 3.63) is 66.0 Å². The predicted molar refractivity (Wildman–Crippen MR) is 118 cm³/mol. The number of halogens is 1. The Kier molecular flexibility index (Phi) is 8.44. The van der Waals surface area contributed by atoms with Gasteiger partial charge in [-0.2, -0.15) is 0 Å². The SMILES string of the molecule is CC(C(=O)NC1CCCC1)N(Cc1ccc(F)cc1)C(=O)CCCOc1ccccc1. The van der Waals surface area contributed by atoms with E-state index in [0.29, 0.717) is 13.0 Å². The van der Waals surface area contributed by atoms with E-state index in [4.69, 9.17) is 4.74 Å². The molecule has 1 fully saturated rings. The van der Waals surface area contributed by atoms with Gasteiger partial charge in [0.1, 0.15) is 17.6 Å². The van der Waals surface area contributed by atoms with E-state index >= 15 is 0 Å². The smallest absolute Gasteiger partial charge is 0.242 e. The summed E-state index contributed by atoms with van der Waals surface area (Å²) in [6.07, 6.45) is 5.04. The monoisotopic (exact) mass is 426 g/mol. The van der Waals surface area contributed by atoms with Crippen LogP contribution in [0.3, 0.4) is 0 Å². The second-order valence-electron chi connectivity index (χ2n) is 8.08. The molecule has 1 unspecified atom stereocenters. The minimum Gasteiger partial charge on any atom is -0.494 e. The summed E-state index contributed by atoms with van der Waals surface area (Å²) >= 11 is 0. The molecule has 31 heavy (non-hydrogen) atoms. The Morgan fingerprint density at radius 2 is 1.77 bits per heavy atom. The van der Waals surface area contributed by atoms with Crippen molar-refractivity contribution in [1.29, 1.82) is 0 Å². The van der Waals surface area contributed by atoms with E-state index < -0.39 is 6.04 Å². The van der Waals surface area contributed by atoms with Crippen molar-refractivity contribution in [2.24, 2.45) is 0 Å². The van der Waals surface area contributed by atoms with E-state index in [1.54, 1.807) is 24.0 Å². The number of carbonyl (C=O) groups is 2. The Balaban J connectivity index is 1.59. The molecule has 0 aromatic heterocycles. The number of hydrogen-bond acceptors (Lipinski definition) is 3. The third kappa shape index (κ3) is 7.09. The lowest BCUT2D eigenvalue weighted by molar-refractivity contribution is -0.141. The maximum atomic E-state index is 13.3. The summed E-state index contributed by atoms with van der Waals surface area (Å²) in [5.41, 5.74) is 0.788. The fourth-order valence-corrected chi connectivity index (χ4v) is 3.83. The van der Waals surface area contributed by atoms with Crippen LogP contribution < -0.4 is 10.1 Å². The maximum Gasteiger partial charge on any atom is 0.242 e. The largest absolute Gasteiger partial charge is 0.494 e. The molecule has 2 amide bonds. The molecule has 0 saturated heterocycles. The topological polar surface area (TPSA) is 58.6 Å². The molecule has 1 aliphatic carbocycles. The van der Waals surface area contributed by atoms with Crippen molar-refractivity contribution in [2.45, 2.75) is 64.1 Å². The third-order valence-electron chi connectivity index (χ3n) is 5.68. The fraction of sp³-hybridized carbons (Fsp3) is 0.440. The molecule has 0 heterocycles. The minimum absolute atomic E-state index is 0.116. The number of nitrogens with one attached hydrogen (secondary N) is 1. The zero-order valence-electron chi connectivity index (χ0n) is 18.1. The summed E-state index contributed by atoms with van der Waals surface area (Å²) in [6.45, 7) is 2.44. The van der Waals surface area contributed by atoms with Crippen molar-refractivity contribution >= 4 is 11.8 Å². The fourth-order valence-electron chi connectivity index (χ4n) is 3.83. The number of ether oxygens (including phenoxy) is 1. The summed E-state index contributed by atoms with van der Waals surface area (Å²) in [4.78, 5) is 27.4. The van der Waals surface area contributed by atoms with Crippen LogP contribution in [-0.4, -0.2) is 35.4 Å². The quantitative estimate of drug-likeness (QED) is 0.571. The Morgan fingerprint density at radius 1 is 1.10 bits per heavy atom. The van der Waals surface area contributed by atoms with E-state index in [9.17, 15) is 14.0 Å². The lowest BCUT2D eigenvalue weighted by Crippen LogP contribution is -2.49. The van der Waals surface area contributed by atoms with Gasteiger partial charge < -0.3 is 15.0 Å². The highest BCUT2D eigenvalue weighted by atomic mass is 19.1. The second kappa shape index (κ2) is 11.5. The highest BCUT2D eigenvalue weighted by molar-refractivity contribution is 5.87. The number of nitrogens with zero attached hydrogens (tertiary/aromatic N) is 1. The highest BCUT2D eigenvalue weighted by Crippen LogP contribution is 2.19. The molecule has 1 atom stereocenters. The van der Waals surface area contributed by atoms with Crippen LogP contribution in [0.4, 0.5) is 4.39 Å². The van der Waals surface area contributed by atoms with Crippen molar-refractivity contribution in [2.75, 3.05) is 6.61 Å². The number of rotatable bonds is 10. The van der Waals surface area contributed by atoms with E-state index in [0.717, 1.165) is 37.0 Å². The summed E-state index contributed by atoms with van der Waals surface area (Å²) in [5, 5.41) is 3.08. The summed E-state index contributed by atoms with van der Waals surface area (Å²) in [7, 11) is 0. The van der Waals surface area contributed by atoms with Gasteiger partial charge >= 0.3 is 0 Å². The van der Waals surface area contributed by atoms with Gasteiger partial charge in [-0.1, -0.05) is 43.2 Å². The first-order chi connectivity index (χ1) is 15.0. The number of carbonyl (C=O) groups excluding carboxylic acids is 2. The first-order valence-corrected chi connectivity index (χ1v) is 11.0. The van der Waals surface area contributed by atoms with Gasteiger partial charge in [0.25, 0.3) is 0 Å². The van der Waals surface area contributed by atoms with Crippen LogP contribution in [0.5, 0.6) is 5.75 Å². The first-order valence-electron chi connectivity index (χ1n) is 11.0. The Hall–Kier alpha value is -2.89. The Bertz CT molecular complexity index is 836. The van der Waals surface area contributed by atoms with Gasteiger partial charge in [-0.15, -0.1) is 0 Å². The second-order valence-corrected chi connectivity index (χ2v) is 8.08. The highest BCUT2D eigenvalue weighted by Gasteiger charge is 2.28. The Morgan fingerprint density at radius 3 is 2.45 bits per heavy atom. The molecule has 1 saturated carbocycles. The van der Waals surface area contributed by atoms with E-state index in [1.165, 1.54) is 12.1 Å². The normalized spacial score (nSPS) is 14.8. The zero-order valence-corrected chi connectivity index (χ0v) is 18.1. The summed E-state index contributed by atoms with van der Waals surface area (Å²) in [5.74, 6) is 0.187. The van der Waals surface area contributed by atoms with Crippen molar-refractivity contribution < 1.29 is 18.7 Å². The van der Waals surface area contributed by atoms with Gasteiger partial charge in [-0.05, 0) is 56.0 Å². The molecule has 0 radical (unpaired) electrons. The van der Waals surface area contributed by atoms with Crippen LogP contribution in [0, 0.1) is 5.82 Å². The molecule has 0 aliphatic heterocycles. The maximum absolute atomic E-state index is 13.3. The van der Waals surface area contributed by atoms with Gasteiger partial charge in [0.05, 0.1) is 6.61 Å². The van der Waals surface area contributed by atoms with Crippen LogP contribution in [0.1, 0.15) is 51.0 Å².